The molecule has 0 N–H and O–H groups in total. The minimum absolute atomic E-state index is 0.0237. The molecular weight excluding hydrogens is 205 g/mol. The van der Waals surface area contributed by atoms with Crippen molar-refractivity contribution in [1.29, 1.82) is 0 Å². The van der Waals surface area contributed by atoms with Crippen LogP contribution >= 0.6 is 11.6 Å². The molecule has 0 saturated heterocycles. The lowest BCUT2D eigenvalue weighted by Crippen LogP contribution is -2.27. The normalized spacial score (nSPS) is 11.4. The Kier molecular flexibility index (Phi) is 3.03. The molecule has 1 rings (SSSR count). The van der Waals surface area contributed by atoms with Crippen molar-refractivity contribution in [3.63, 3.8) is 0 Å². The van der Waals surface area contributed by atoms with Crippen LogP contribution in [0.2, 0.25) is 5.02 Å². The molecule has 0 amide bonds. The van der Waals surface area contributed by atoms with E-state index in [1.54, 1.807) is 6.07 Å². The number of hydrogen-bond donors (Lipinski definition) is 0. The maximum Gasteiger partial charge on any atom is 0.427 e. The van der Waals surface area contributed by atoms with Crippen LogP contribution in [0.4, 0.5) is 13.2 Å². The molecule has 0 aliphatic rings. The van der Waals surface area contributed by atoms with Crippen molar-refractivity contribution in [2.75, 3.05) is 6.67 Å². The molecule has 0 radical (unpaired) electrons. The molecule has 5 heteroatoms. The van der Waals surface area contributed by atoms with Crippen LogP contribution in [0.15, 0.2) is 24.3 Å². The van der Waals surface area contributed by atoms with E-state index >= 15 is 0 Å². The van der Waals surface area contributed by atoms with Crippen molar-refractivity contribution in [2.24, 2.45) is 0 Å². The highest BCUT2D eigenvalue weighted by Gasteiger charge is 2.32. The van der Waals surface area contributed by atoms with Crippen LogP contribution in [0, 0.1) is 0 Å². The lowest BCUT2D eigenvalue weighted by atomic mass is 10.3. The van der Waals surface area contributed by atoms with Crippen molar-refractivity contribution in [2.45, 2.75) is 6.11 Å². The zero-order valence-corrected chi connectivity index (χ0v) is 7.19. The number of benzene rings is 1. The molecule has 1 aromatic carbocycles. The van der Waals surface area contributed by atoms with Gasteiger partial charge in [0, 0.05) is 0 Å². The first-order valence-corrected chi connectivity index (χ1v) is 3.80. The first kappa shape index (κ1) is 10.2. The highest BCUT2D eigenvalue weighted by molar-refractivity contribution is 6.32. The number of ether oxygens (including phenoxy) is 1. The van der Waals surface area contributed by atoms with Crippen molar-refractivity contribution >= 4 is 11.6 Å². The van der Waals surface area contributed by atoms with Crippen LogP contribution in [0.3, 0.4) is 0 Å². The summed E-state index contributed by atoms with van der Waals surface area (Å²) in [7, 11) is 0. The monoisotopic (exact) mass is 210 g/mol. The van der Waals surface area contributed by atoms with Gasteiger partial charge in [-0.1, -0.05) is 23.7 Å². The summed E-state index contributed by atoms with van der Waals surface area (Å²) in [6.07, 6.45) is -3.81. The highest BCUT2D eigenvalue weighted by Crippen LogP contribution is 2.28. The van der Waals surface area contributed by atoms with Gasteiger partial charge in [-0.05, 0) is 12.1 Å². The SMILES string of the molecule is FCC(F)(F)Oc1ccccc1Cl. The zero-order valence-electron chi connectivity index (χ0n) is 6.44. The fraction of sp³-hybridized carbons (Fsp3) is 0.250. The Bertz CT molecular complexity index is 290. The van der Waals surface area contributed by atoms with Crippen LogP contribution in [-0.2, 0) is 0 Å². The Morgan fingerprint density at radius 1 is 1.31 bits per heavy atom. The summed E-state index contributed by atoms with van der Waals surface area (Å²) in [4.78, 5) is 0. The average Bonchev–Trinajstić information content (AvgIpc) is 2.09. The van der Waals surface area contributed by atoms with Gasteiger partial charge in [-0.3, -0.25) is 0 Å². The van der Waals surface area contributed by atoms with Crippen LogP contribution < -0.4 is 4.74 Å². The van der Waals surface area contributed by atoms with Gasteiger partial charge in [0.25, 0.3) is 0 Å². The Morgan fingerprint density at radius 3 is 2.46 bits per heavy atom. The molecule has 0 fully saturated rings. The van der Waals surface area contributed by atoms with Gasteiger partial charge in [0.05, 0.1) is 5.02 Å². The minimum atomic E-state index is -3.81. The molecule has 0 spiro atoms. The second-order valence-corrected chi connectivity index (χ2v) is 2.71. The molecule has 0 heterocycles. The lowest BCUT2D eigenvalue weighted by molar-refractivity contribution is -0.186. The van der Waals surface area contributed by atoms with Gasteiger partial charge in [0.15, 0.2) is 6.67 Å². The summed E-state index contributed by atoms with van der Waals surface area (Å²) >= 11 is 5.51. The Morgan fingerprint density at radius 2 is 1.92 bits per heavy atom. The molecule has 0 unspecified atom stereocenters. The Hall–Kier alpha value is -0.900. The number of rotatable bonds is 3. The number of halogens is 4. The maximum absolute atomic E-state index is 12.4. The molecule has 13 heavy (non-hydrogen) atoms. The van der Waals surface area contributed by atoms with Crippen LogP contribution in [-0.4, -0.2) is 12.8 Å². The van der Waals surface area contributed by atoms with Crippen LogP contribution in [0.5, 0.6) is 5.75 Å². The van der Waals surface area contributed by atoms with E-state index in [0.717, 1.165) is 0 Å². The van der Waals surface area contributed by atoms with E-state index in [9.17, 15) is 13.2 Å². The standard InChI is InChI=1S/C8H6ClF3O/c9-6-3-1-2-4-7(6)13-8(11,12)5-10/h1-4H,5H2. The van der Waals surface area contributed by atoms with E-state index in [4.69, 9.17) is 11.6 Å². The summed E-state index contributed by atoms with van der Waals surface area (Å²) in [6.45, 7) is -1.88. The molecule has 0 bridgehead atoms. The average molecular weight is 211 g/mol. The molecule has 0 aliphatic heterocycles. The quantitative estimate of drug-likeness (QED) is 0.744. The van der Waals surface area contributed by atoms with Gasteiger partial charge in [-0.15, -0.1) is 0 Å². The largest absolute Gasteiger partial charge is 0.429 e. The molecule has 0 saturated carbocycles. The minimum Gasteiger partial charge on any atom is -0.429 e. The van der Waals surface area contributed by atoms with E-state index in [1.807, 2.05) is 0 Å². The van der Waals surface area contributed by atoms with Crippen molar-refractivity contribution in [3.05, 3.63) is 29.3 Å². The van der Waals surface area contributed by atoms with E-state index in [-0.39, 0.29) is 10.8 Å². The van der Waals surface area contributed by atoms with Crippen molar-refractivity contribution < 1.29 is 17.9 Å². The zero-order chi connectivity index (χ0) is 9.90. The second kappa shape index (κ2) is 3.87. The topological polar surface area (TPSA) is 9.23 Å². The predicted octanol–water partition coefficient (Wildman–Crippen LogP) is 3.28. The van der Waals surface area contributed by atoms with E-state index in [2.05, 4.69) is 4.74 Å². The first-order valence-electron chi connectivity index (χ1n) is 3.42. The maximum atomic E-state index is 12.4. The number of alkyl halides is 3. The van der Waals surface area contributed by atoms with E-state index in [1.165, 1.54) is 18.2 Å². The third kappa shape index (κ3) is 2.81. The summed E-state index contributed by atoms with van der Waals surface area (Å²) < 4.78 is 40.4. The molecule has 0 atom stereocenters. The van der Waals surface area contributed by atoms with Gasteiger partial charge in [-0.2, -0.15) is 8.78 Å². The highest BCUT2D eigenvalue weighted by atomic mass is 35.5. The molecule has 0 aliphatic carbocycles. The summed E-state index contributed by atoms with van der Waals surface area (Å²) in [6, 6.07) is 5.65. The Labute approximate surface area is 78.1 Å². The summed E-state index contributed by atoms with van der Waals surface area (Å²) in [5.41, 5.74) is 0. The number of hydrogen-bond acceptors (Lipinski definition) is 1. The molecule has 72 valence electrons. The molecule has 1 nitrogen and oxygen atoms in total. The van der Waals surface area contributed by atoms with Crippen LogP contribution in [0.1, 0.15) is 0 Å². The van der Waals surface area contributed by atoms with E-state index < -0.39 is 12.8 Å². The van der Waals surface area contributed by atoms with Gasteiger partial charge >= 0.3 is 6.11 Å². The van der Waals surface area contributed by atoms with Crippen molar-refractivity contribution in [1.82, 2.24) is 0 Å². The fourth-order valence-corrected chi connectivity index (χ4v) is 0.890. The van der Waals surface area contributed by atoms with E-state index in [0.29, 0.717) is 0 Å². The van der Waals surface area contributed by atoms with Gasteiger partial charge in [0.1, 0.15) is 5.75 Å². The fourth-order valence-electron chi connectivity index (χ4n) is 0.716. The van der Waals surface area contributed by atoms with Gasteiger partial charge in [0.2, 0.25) is 0 Å². The third-order valence-corrected chi connectivity index (χ3v) is 1.56. The second-order valence-electron chi connectivity index (χ2n) is 2.30. The third-order valence-electron chi connectivity index (χ3n) is 1.25. The van der Waals surface area contributed by atoms with Crippen LogP contribution in [0.25, 0.3) is 0 Å². The predicted molar refractivity (Wildman–Crippen MR) is 43.0 cm³/mol. The number of para-hydroxylation sites is 1. The molecular formula is C8H6ClF3O. The molecule has 1 aromatic rings. The van der Waals surface area contributed by atoms with Crippen molar-refractivity contribution in [3.8, 4) is 5.75 Å². The summed E-state index contributed by atoms with van der Waals surface area (Å²) in [5, 5.41) is 0.0237. The van der Waals surface area contributed by atoms with Gasteiger partial charge in [-0.25, -0.2) is 4.39 Å². The molecule has 0 aromatic heterocycles. The smallest absolute Gasteiger partial charge is 0.427 e. The lowest BCUT2D eigenvalue weighted by Gasteiger charge is -2.14. The summed E-state index contributed by atoms with van der Waals surface area (Å²) in [5.74, 6) is -0.230. The first-order chi connectivity index (χ1) is 6.05. The van der Waals surface area contributed by atoms with Gasteiger partial charge < -0.3 is 4.74 Å². The Balaban J connectivity index is 2.80.